The zero-order valence-electron chi connectivity index (χ0n) is 7.08. The molecule has 82 valence electrons. The highest BCUT2D eigenvalue weighted by atomic mass is 79.9. The lowest BCUT2D eigenvalue weighted by Gasteiger charge is -2.05. The van der Waals surface area contributed by atoms with Crippen molar-refractivity contribution in [3.05, 3.63) is 32.0 Å². The van der Waals surface area contributed by atoms with Crippen LogP contribution in [0.2, 0.25) is 0 Å². The molecular formula is C7H4Br2F2N2O2. The van der Waals surface area contributed by atoms with Gasteiger partial charge < -0.3 is 0 Å². The van der Waals surface area contributed by atoms with Crippen LogP contribution in [0.15, 0.2) is 10.7 Å². The van der Waals surface area contributed by atoms with Crippen molar-refractivity contribution in [2.75, 3.05) is 0 Å². The molecule has 0 aromatic carbocycles. The largest absolute Gasteiger partial charge is 0.311 e. The molecule has 15 heavy (non-hydrogen) atoms. The van der Waals surface area contributed by atoms with E-state index in [1.165, 1.54) is 6.20 Å². The molecule has 4 nitrogen and oxygen atoms in total. The first kappa shape index (κ1) is 12.4. The second-order valence-electron chi connectivity index (χ2n) is 2.52. The fraction of sp³-hybridized carbons (Fsp3) is 0.286. The molecule has 0 fully saturated rings. The number of hydrogen-bond acceptors (Lipinski definition) is 3. The van der Waals surface area contributed by atoms with Crippen molar-refractivity contribution < 1.29 is 13.7 Å². The summed E-state index contributed by atoms with van der Waals surface area (Å²) in [6.45, 7) is 0. The van der Waals surface area contributed by atoms with Crippen LogP contribution in [-0.2, 0) is 5.33 Å². The van der Waals surface area contributed by atoms with Crippen molar-refractivity contribution in [1.82, 2.24) is 4.98 Å². The van der Waals surface area contributed by atoms with Crippen molar-refractivity contribution in [3.63, 3.8) is 0 Å². The van der Waals surface area contributed by atoms with Crippen molar-refractivity contribution in [1.29, 1.82) is 0 Å². The molecule has 8 heteroatoms. The summed E-state index contributed by atoms with van der Waals surface area (Å²) in [5.74, 6) is 0. The highest BCUT2D eigenvalue weighted by molar-refractivity contribution is 9.11. The first-order valence-corrected chi connectivity index (χ1v) is 5.56. The number of rotatable bonds is 3. The fourth-order valence-corrected chi connectivity index (χ4v) is 2.35. The number of halogens is 4. The maximum atomic E-state index is 12.4. The van der Waals surface area contributed by atoms with Crippen LogP contribution in [0, 0.1) is 10.1 Å². The van der Waals surface area contributed by atoms with Gasteiger partial charge in [0.2, 0.25) is 0 Å². The molecule has 0 aliphatic heterocycles. The Morgan fingerprint density at radius 1 is 1.60 bits per heavy atom. The van der Waals surface area contributed by atoms with Crippen molar-refractivity contribution >= 4 is 37.5 Å². The summed E-state index contributed by atoms with van der Waals surface area (Å²) >= 11 is 5.99. The molecule has 0 saturated heterocycles. The molecular weight excluding hydrogens is 342 g/mol. The second kappa shape index (κ2) is 4.93. The van der Waals surface area contributed by atoms with Gasteiger partial charge in [-0.1, -0.05) is 15.9 Å². The lowest BCUT2D eigenvalue weighted by Crippen LogP contribution is -2.02. The molecule has 1 aromatic rings. The molecule has 0 amide bonds. The molecule has 0 saturated carbocycles. The van der Waals surface area contributed by atoms with E-state index in [0.717, 1.165) is 0 Å². The zero-order chi connectivity index (χ0) is 11.6. The van der Waals surface area contributed by atoms with Crippen molar-refractivity contribution in [2.24, 2.45) is 0 Å². The molecule has 0 N–H and O–H groups in total. The van der Waals surface area contributed by atoms with E-state index in [-0.39, 0.29) is 4.47 Å². The molecule has 0 radical (unpaired) electrons. The molecule has 0 atom stereocenters. The Hall–Kier alpha value is -0.630. The first-order valence-electron chi connectivity index (χ1n) is 3.64. The summed E-state index contributed by atoms with van der Waals surface area (Å²) in [5, 5.41) is 10.9. The van der Waals surface area contributed by atoms with Gasteiger partial charge in [0, 0.05) is 17.1 Å². The van der Waals surface area contributed by atoms with Gasteiger partial charge in [0.25, 0.3) is 6.43 Å². The lowest BCUT2D eigenvalue weighted by molar-refractivity contribution is -0.387. The summed E-state index contributed by atoms with van der Waals surface area (Å²) < 4.78 is 24.8. The van der Waals surface area contributed by atoms with Gasteiger partial charge in [0.15, 0.2) is 5.69 Å². The lowest BCUT2D eigenvalue weighted by atomic mass is 10.2. The van der Waals surface area contributed by atoms with Crippen LogP contribution in [-0.4, -0.2) is 9.91 Å². The van der Waals surface area contributed by atoms with E-state index in [4.69, 9.17) is 0 Å². The minimum atomic E-state index is -2.97. The van der Waals surface area contributed by atoms with E-state index >= 15 is 0 Å². The van der Waals surface area contributed by atoms with E-state index in [1.54, 1.807) is 0 Å². The normalized spacial score (nSPS) is 10.7. The Morgan fingerprint density at radius 2 is 2.20 bits per heavy atom. The number of nitro groups is 1. The van der Waals surface area contributed by atoms with E-state index in [9.17, 15) is 18.9 Å². The monoisotopic (exact) mass is 344 g/mol. The predicted molar refractivity (Wildman–Crippen MR) is 56.2 cm³/mol. The number of pyridine rings is 1. The number of nitrogens with zero attached hydrogens (tertiary/aromatic N) is 2. The summed E-state index contributed by atoms with van der Waals surface area (Å²) in [4.78, 5) is 13.1. The van der Waals surface area contributed by atoms with Crippen LogP contribution < -0.4 is 0 Å². The third kappa shape index (κ3) is 2.49. The van der Waals surface area contributed by atoms with Crippen LogP contribution in [0.4, 0.5) is 14.5 Å². The number of hydrogen-bond donors (Lipinski definition) is 0. The molecule has 0 unspecified atom stereocenters. The highest BCUT2D eigenvalue weighted by Crippen LogP contribution is 2.36. The van der Waals surface area contributed by atoms with Gasteiger partial charge >= 0.3 is 5.69 Å². The van der Waals surface area contributed by atoms with E-state index in [1.807, 2.05) is 0 Å². The third-order valence-corrected chi connectivity index (χ3v) is 3.11. The zero-order valence-corrected chi connectivity index (χ0v) is 10.3. The molecule has 1 rings (SSSR count). The minimum Gasteiger partial charge on any atom is -0.258 e. The predicted octanol–water partition coefficient (Wildman–Crippen LogP) is 3.58. The standard InChI is InChI=1S/C7H4Br2F2N2O2/c8-1-3-2-12-5(7(10)11)6(4(3)9)13(14)15/h2,7H,1H2. The van der Waals surface area contributed by atoms with Gasteiger partial charge in [-0.05, 0) is 15.9 Å². The SMILES string of the molecule is O=[N+]([O-])c1c(C(F)F)ncc(CBr)c1Br. The summed E-state index contributed by atoms with van der Waals surface area (Å²) in [5.41, 5.74) is -1.05. The molecule has 1 aromatic heterocycles. The highest BCUT2D eigenvalue weighted by Gasteiger charge is 2.28. The van der Waals surface area contributed by atoms with Crippen LogP contribution >= 0.6 is 31.9 Å². The van der Waals surface area contributed by atoms with E-state index in [0.29, 0.717) is 10.9 Å². The maximum Gasteiger partial charge on any atom is 0.311 e. The van der Waals surface area contributed by atoms with Gasteiger partial charge in [-0.15, -0.1) is 0 Å². The van der Waals surface area contributed by atoms with Crippen molar-refractivity contribution in [2.45, 2.75) is 11.8 Å². The van der Waals surface area contributed by atoms with Gasteiger partial charge in [0.05, 0.1) is 4.92 Å². The Kier molecular flexibility index (Phi) is 4.09. The van der Waals surface area contributed by atoms with Gasteiger partial charge in [0.1, 0.15) is 4.47 Å². The van der Waals surface area contributed by atoms with Gasteiger partial charge in [-0.3, -0.25) is 10.1 Å². The minimum absolute atomic E-state index is 0.0367. The van der Waals surface area contributed by atoms with Crippen LogP contribution in [0.1, 0.15) is 17.7 Å². The Bertz CT molecular complexity index is 401. The molecule has 0 aliphatic rings. The Balaban J connectivity index is 3.44. The number of aromatic nitrogens is 1. The Labute approximate surface area is 100 Å². The Morgan fingerprint density at radius 3 is 2.60 bits per heavy atom. The topological polar surface area (TPSA) is 56.0 Å². The summed E-state index contributed by atoms with van der Waals surface area (Å²) in [6, 6.07) is 0. The van der Waals surface area contributed by atoms with E-state index < -0.39 is 22.7 Å². The average molecular weight is 346 g/mol. The fourth-order valence-electron chi connectivity index (χ4n) is 0.956. The summed E-state index contributed by atoms with van der Waals surface area (Å²) in [6.07, 6.45) is -1.79. The second-order valence-corrected chi connectivity index (χ2v) is 3.88. The molecule has 0 bridgehead atoms. The third-order valence-electron chi connectivity index (χ3n) is 1.63. The summed E-state index contributed by atoms with van der Waals surface area (Å²) in [7, 11) is 0. The maximum absolute atomic E-state index is 12.4. The van der Waals surface area contributed by atoms with E-state index in [2.05, 4.69) is 36.8 Å². The van der Waals surface area contributed by atoms with Gasteiger partial charge in [-0.2, -0.15) is 0 Å². The molecule has 1 heterocycles. The van der Waals surface area contributed by atoms with Gasteiger partial charge in [-0.25, -0.2) is 13.8 Å². The van der Waals surface area contributed by atoms with Crippen LogP contribution in [0.3, 0.4) is 0 Å². The van der Waals surface area contributed by atoms with Crippen molar-refractivity contribution in [3.8, 4) is 0 Å². The molecule has 0 aliphatic carbocycles. The first-order chi connectivity index (χ1) is 6.99. The average Bonchev–Trinajstić information content (AvgIpc) is 2.16. The van der Waals surface area contributed by atoms with Crippen LogP contribution in [0.5, 0.6) is 0 Å². The smallest absolute Gasteiger partial charge is 0.258 e. The van der Waals surface area contributed by atoms with Crippen LogP contribution in [0.25, 0.3) is 0 Å². The quantitative estimate of drug-likeness (QED) is 0.478. The number of alkyl halides is 3. The molecule has 0 spiro atoms.